The first-order valence-electron chi connectivity index (χ1n) is 13.2. The summed E-state index contributed by atoms with van der Waals surface area (Å²) in [5.41, 5.74) is 2.53. The van der Waals surface area contributed by atoms with Crippen LogP contribution >= 0.6 is 0 Å². The summed E-state index contributed by atoms with van der Waals surface area (Å²) in [6, 6.07) is 29.3. The van der Waals surface area contributed by atoms with Crippen molar-refractivity contribution in [2.24, 2.45) is 5.92 Å². The van der Waals surface area contributed by atoms with Crippen LogP contribution in [0.25, 0.3) is 0 Å². The minimum absolute atomic E-state index is 0.0646. The van der Waals surface area contributed by atoms with Crippen molar-refractivity contribution in [3.05, 3.63) is 96.1 Å². The highest BCUT2D eigenvalue weighted by Gasteiger charge is 2.47. The van der Waals surface area contributed by atoms with Gasteiger partial charge in [0.05, 0.1) is 44.4 Å². The van der Waals surface area contributed by atoms with Crippen molar-refractivity contribution >= 4 is 11.8 Å². The molecule has 2 bridgehead atoms. The van der Waals surface area contributed by atoms with Crippen molar-refractivity contribution in [3.63, 3.8) is 0 Å². The monoisotopic (exact) mass is 496 g/mol. The molecule has 6 heteroatoms. The van der Waals surface area contributed by atoms with Gasteiger partial charge in [0.15, 0.2) is 6.10 Å². The van der Waals surface area contributed by atoms with Crippen LogP contribution in [-0.4, -0.2) is 49.5 Å². The van der Waals surface area contributed by atoms with Gasteiger partial charge in [0.2, 0.25) is 0 Å². The number of hydrogen-bond acceptors (Lipinski definition) is 4. The maximum atomic E-state index is 13.5. The summed E-state index contributed by atoms with van der Waals surface area (Å²) in [6.45, 7) is 5.23. The molecule has 0 aliphatic carbocycles. The van der Waals surface area contributed by atoms with Crippen molar-refractivity contribution in [1.82, 2.24) is 0 Å². The third kappa shape index (κ3) is 6.12. The highest BCUT2D eigenvalue weighted by Crippen LogP contribution is 2.36. The van der Waals surface area contributed by atoms with Crippen molar-refractivity contribution in [1.29, 1.82) is 5.26 Å². The predicted octanol–water partition coefficient (Wildman–Crippen LogP) is 5.78. The first kappa shape index (κ1) is 24.9. The molecule has 0 unspecified atom stereocenters. The van der Waals surface area contributed by atoms with E-state index in [0.717, 1.165) is 66.9 Å². The average molecular weight is 497 g/mol. The van der Waals surface area contributed by atoms with E-state index >= 15 is 0 Å². The maximum absolute atomic E-state index is 13.5. The largest absolute Gasteiger partial charge is 0.493 e. The molecule has 3 aliphatic heterocycles. The Hall–Kier alpha value is -3.82. The van der Waals surface area contributed by atoms with Gasteiger partial charge in [-0.15, -0.1) is 0 Å². The second kappa shape index (κ2) is 11.5. The first-order chi connectivity index (χ1) is 18.1. The molecule has 3 aromatic carbocycles. The van der Waals surface area contributed by atoms with E-state index < -0.39 is 0 Å². The van der Waals surface area contributed by atoms with Crippen molar-refractivity contribution in [2.45, 2.75) is 31.9 Å². The summed E-state index contributed by atoms with van der Waals surface area (Å²) in [6.07, 6.45) is 2.77. The Labute approximate surface area is 219 Å². The second-order valence-electron chi connectivity index (χ2n) is 10.2. The topological polar surface area (TPSA) is 62.6 Å². The Kier molecular flexibility index (Phi) is 7.72. The Bertz CT molecular complexity index is 1220. The van der Waals surface area contributed by atoms with Crippen LogP contribution in [0.3, 0.4) is 0 Å². The van der Waals surface area contributed by atoms with Gasteiger partial charge in [0.1, 0.15) is 12.3 Å². The third-order valence-electron chi connectivity index (χ3n) is 7.77. The third-order valence-corrected chi connectivity index (χ3v) is 7.77. The lowest BCUT2D eigenvalue weighted by molar-refractivity contribution is -0.946. The molecule has 0 aromatic heterocycles. The number of rotatable bonds is 9. The maximum Gasteiger partial charge on any atom is 0.415 e. The summed E-state index contributed by atoms with van der Waals surface area (Å²) in [5, 5.41) is 9.09. The van der Waals surface area contributed by atoms with Crippen LogP contribution in [0.1, 0.15) is 30.4 Å². The number of carbonyl (C=O) groups excluding carboxylic acids is 1. The van der Waals surface area contributed by atoms with E-state index in [1.165, 1.54) is 0 Å². The van der Waals surface area contributed by atoms with Gasteiger partial charge in [-0.1, -0.05) is 54.6 Å². The first-order valence-corrected chi connectivity index (χ1v) is 13.2. The van der Waals surface area contributed by atoms with Crippen LogP contribution in [0, 0.1) is 17.2 Å². The molecule has 6 nitrogen and oxygen atoms in total. The standard InChI is InChI=1S/C31H34N3O3/c32-22-26-11-7-14-29(21-26)36-20-8-17-34-18-15-27(16-19-34)30(24-34)37-31(35)33(28-12-5-2-6-13-28)23-25-9-3-1-4-10-25/h1-7,9-14,21,27,30H,8,15-20,23-24H2/q+1/t27?,30-,34?/m0/s1. The van der Waals surface area contributed by atoms with E-state index in [0.29, 0.717) is 24.6 Å². The zero-order valence-corrected chi connectivity index (χ0v) is 21.2. The zero-order chi connectivity index (χ0) is 25.5. The fraction of sp³-hybridized carbons (Fsp3) is 0.355. The Morgan fingerprint density at radius 3 is 2.43 bits per heavy atom. The number of ether oxygens (including phenoxy) is 2. The summed E-state index contributed by atoms with van der Waals surface area (Å²) < 4.78 is 13.2. The minimum Gasteiger partial charge on any atom is -0.493 e. The van der Waals surface area contributed by atoms with Gasteiger partial charge in [-0.05, 0) is 35.9 Å². The number of para-hydroxylation sites is 1. The molecule has 0 N–H and O–H groups in total. The van der Waals surface area contributed by atoms with Crippen LogP contribution in [0.2, 0.25) is 0 Å². The molecule has 3 aromatic rings. The lowest BCUT2D eigenvalue weighted by Crippen LogP contribution is -2.65. The summed E-state index contributed by atoms with van der Waals surface area (Å²) in [5.74, 6) is 1.17. The molecule has 3 fully saturated rings. The molecule has 3 heterocycles. The van der Waals surface area contributed by atoms with Gasteiger partial charge in [0.25, 0.3) is 0 Å². The number of benzene rings is 3. The van der Waals surface area contributed by atoms with E-state index in [4.69, 9.17) is 14.7 Å². The summed E-state index contributed by atoms with van der Waals surface area (Å²) >= 11 is 0. The number of fused-ring (bicyclic) bond motifs is 3. The SMILES string of the molecule is N#Cc1cccc(OCCC[N+]23CCC(CC2)[C@@H](OC(=O)N(Cc2ccccc2)c2ccccc2)C3)c1. The van der Waals surface area contributed by atoms with Gasteiger partial charge < -0.3 is 14.0 Å². The van der Waals surface area contributed by atoms with E-state index in [1.807, 2.05) is 72.8 Å². The Morgan fingerprint density at radius 1 is 0.973 bits per heavy atom. The molecule has 37 heavy (non-hydrogen) atoms. The van der Waals surface area contributed by atoms with Gasteiger partial charge in [-0.3, -0.25) is 4.90 Å². The van der Waals surface area contributed by atoms with E-state index in [-0.39, 0.29) is 12.2 Å². The van der Waals surface area contributed by atoms with Crippen LogP contribution in [-0.2, 0) is 11.3 Å². The van der Waals surface area contributed by atoms with Gasteiger partial charge in [-0.25, -0.2) is 4.79 Å². The Balaban J connectivity index is 1.20. The lowest BCUT2D eigenvalue weighted by atomic mass is 9.83. The summed E-state index contributed by atoms with van der Waals surface area (Å²) in [4.78, 5) is 15.3. The molecule has 6 rings (SSSR count). The number of piperidine rings is 3. The fourth-order valence-corrected chi connectivity index (χ4v) is 5.74. The number of carbonyl (C=O) groups is 1. The molecule has 0 radical (unpaired) electrons. The van der Waals surface area contributed by atoms with Crippen molar-refractivity contribution < 1.29 is 18.8 Å². The van der Waals surface area contributed by atoms with E-state index in [2.05, 4.69) is 6.07 Å². The zero-order valence-electron chi connectivity index (χ0n) is 21.2. The average Bonchev–Trinajstić information content (AvgIpc) is 2.96. The van der Waals surface area contributed by atoms with Gasteiger partial charge in [0, 0.05) is 30.9 Å². The van der Waals surface area contributed by atoms with Gasteiger partial charge >= 0.3 is 6.09 Å². The van der Waals surface area contributed by atoms with Crippen molar-refractivity contribution in [2.75, 3.05) is 37.7 Å². The van der Waals surface area contributed by atoms with Crippen LogP contribution in [0.5, 0.6) is 5.75 Å². The summed E-state index contributed by atoms with van der Waals surface area (Å²) in [7, 11) is 0. The smallest absolute Gasteiger partial charge is 0.415 e. The number of hydrogen-bond donors (Lipinski definition) is 0. The minimum atomic E-state index is -0.271. The quantitative estimate of drug-likeness (QED) is 0.278. The van der Waals surface area contributed by atoms with E-state index in [9.17, 15) is 4.79 Å². The number of anilines is 1. The molecule has 0 spiro atoms. The van der Waals surface area contributed by atoms with Crippen LogP contribution in [0.15, 0.2) is 84.9 Å². The van der Waals surface area contributed by atoms with Crippen LogP contribution in [0.4, 0.5) is 10.5 Å². The fourth-order valence-electron chi connectivity index (χ4n) is 5.74. The molecule has 1 atom stereocenters. The molecule has 3 aliphatic rings. The number of nitriles is 1. The highest BCUT2D eigenvalue weighted by atomic mass is 16.6. The van der Waals surface area contributed by atoms with E-state index in [1.54, 1.807) is 17.0 Å². The molecule has 0 saturated carbocycles. The Morgan fingerprint density at radius 2 is 1.70 bits per heavy atom. The molecule has 1 amide bonds. The number of quaternary nitrogens is 1. The number of nitrogens with zero attached hydrogens (tertiary/aromatic N) is 3. The molecular weight excluding hydrogens is 462 g/mol. The highest BCUT2D eigenvalue weighted by molar-refractivity contribution is 5.87. The molecule has 190 valence electrons. The normalized spacial score (nSPS) is 22.1. The predicted molar refractivity (Wildman–Crippen MR) is 143 cm³/mol. The molecule has 3 saturated heterocycles. The van der Waals surface area contributed by atoms with Crippen molar-refractivity contribution in [3.8, 4) is 11.8 Å². The lowest BCUT2D eigenvalue weighted by Gasteiger charge is -2.52. The second-order valence-corrected chi connectivity index (χ2v) is 10.2. The number of amides is 1. The van der Waals surface area contributed by atoms with Gasteiger partial charge in [-0.2, -0.15) is 5.26 Å². The molecular formula is C31H34N3O3+. The van der Waals surface area contributed by atoms with Crippen LogP contribution < -0.4 is 9.64 Å².